The summed E-state index contributed by atoms with van der Waals surface area (Å²) in [6.07, 6.45) is 1.49. The number of rotatable bonds is 4. The molecule has 6 nitrogen and oxygen atoms in total. The van der Waals surface area contributed by atoms with Gasteiger partial charge in [-0.15, -0.1) is 0 Å². The minimum atomic E-state index is -0.446. The standard InChI is InChI=1S/C14H12ClN3O3/c1-9-10(4-2-6-12(9)18(20)21)8-17-14(19)11-5-3-7-16-13(11)15/h2-7H,8H2,1H3,(H,17,19). The molecule has 0 aliphatic rings. The lowest BCUT2D eigenvalue weighted by atomic mass is 10.1. The van der Waals surface area contributed by atoms with Crippen molar-refractivity contribution in [3.63, 3.8) is 0 Å². The maximum Gasteiger partial charge on any atom is 0.272 e. The van der Waals surface area contributed by atoms with Crippen LogP contribution < -0.4 is 5.32 Å². The highest BCUT2D eigenvalue weighted by atomic mass is 35.5. The molecule has 0 spiro atoms. The fourth-order valence-electron chi connectivity index (χ4n) is 1.89. The van der Waals surface area contributed by atoms with Crippen LogP contribution in [0.3, 0.4) is 0 Å². The van der Waals surface area contributed by atoms with Crippen molar-refractivity contribution in [1.29, 1.82) is 0 Å². The fraction of sp³-hybridized carbons (Fsp3) is 0.143. The molecule has 21 heavy (non-hydrogen) atoms. The van der Waals surface area contributed by atoms with Gasteiger partial charge < -0.3 is 5.32 Å². The second kappa shape index (κ2) is 6.32. The SMILES string of the molecule is Cc1c(CNC(=O)c2cccnc2Cl)cccc1[N+](=O)[O-]. The van der Waals surface area contributed by atoms with Crippen LogP contribution in [0.4, 0.5) is 5.69 Å². The third-order valence-electron chi connectivity index (χ3n) is 3.06. The number of carbonyl (C=O) groups excluding carboxylic acids is 1. The lowest BCUT2D eigenvalue weighted by Crippen LogP contribution is -2.23. The number of halogens is 1. The maximum absolute atomic E-state index is 12.0. The maximum atomic E-state index is 12.0. The van der Waals surface area contributed by atoms with Crippen molar-refractivity contribution in [2.45, 2.75) is 13.5 Å². The van der Waals surface area contributed by atoms with Gasteiger partial charge in [-0.1, -0.05) is 23.7 Å². The number of hydrogen-bond donors (Lipinski definition) is 1. The third-order valence-corrected chi connectivity index (χ3v) is 3.36. The highest BCUT2D eigenvalue weighted by Crippen LogP contribution is 2.21. The van der Waals surface area contributed by atoms with Crippen molar-refractivity contribution in [2.24, 2.45) is 0 Å². The minimum absolute atomic E-state index is 0.0289. The van der Waals surface area contributed by atoms with Crippen LogP contribution in [0.15, 0.2) is 36.5 Å². The summed E-state index contributed by atoms with van der Waals surface area (Å²) in [5, 5.41) is 13.7. The molecule has 0 fully saturated rings. The lowest BCUT2D eigenvalue weighted by Gasteiger charge is -2.08. The average molecular weight is 306 g/mol. The molecule has 0 radical (unpaired) electrons. The van der Waals surface area contributed by atoms with E-state index in [4.69, 9.17) is 11.6 Å². The normalized spacial score (nSPS) is 10.2. The summed E-state index contributed by atoms with van der Waals surface area (Å²) in [5.41, 5.74) is 1.50. The number of hydrogen-bond acceptors (Lipinski definition) is 4. The summed E-state index contributed by atoms with van der Waals surface area (Å²) in [4.78, 5) is 26.2. The van der Waals surface area contributed by atoms with Gasteiger partial charge in [0, 0.05) is 24.4 Å². The van der Waals surface area contributed by atoms with Gasteiger partial charge >= 0.3 is 0 Å². The van der Waals surface area contributed by atoms with Gasteiger partial charge in [0.2, 0.25) is 0 Å². The van der Waals surface area contributed by atoms with Gasteiger partial charge in [0.15, 0.2) is 0 Å². The number of amides is 1. The molecular formula is C14H12ClN3O3. The van der Waals surface area contributed by atoms with E-state index >= 15 is 0 Å². The van der Waals surface area contributed by atoms with Crippen LogP contribution >= 0.6 is 11.6 Å². The Bertz CT molecular complexity index is 704. The van der Waals surface area contributed by atoms with E-state index < -0.39 is 4.92 Å². The zero-order chi connectivity index (χ0) is 15.4. The van der Waals surface area contributed by atoms with Crippen LogP contribution in [0.1, 0.15) is 21.5 Å². The van der Waals surface area contributed by atoms with Gasteiger partial charge in [-0.25, -0.2) is 4.98 Å². The Morgan fingerprint density at radius 2 is 2.14 bits per heavy atom. The molecule has 0 saturated heterocycles. The van der Waals surface area contributed by atoms with Gasteiger partial charge in [-0.05, 0) is 24.6 Å². The molecule has 1 N–H and O–H groups in total. The van der Waals surface area contributed by atoms with Crippen LogP contribution in [-0.2, 0) is 6.54 Å². The zero-order valence-corrected chi connectivity index (χ0v) is 11.9. The second-order valence-corrected chi connectivity index (χ2v) is 4.70. The Kier molecular flexibility index (Phi) is 4.49. The second-order valence-electron chi connectivity index (χ2n) is 4.34. The highest BCUT2D eigenvalue weighted by Gasteiger charge is 2.15. The van der Waals surface area contributed by atoms with E-state index in [-0.39, 0.29) is 28.9 Å². The van der Waals surface area contributed by atoms with E-state index in [9.17, 15) is 14.9 Å². The summed E-state index contributed by atoms with van der Waals surface area (Å²) in [6.45, 7) is 1.83. The molecule has 0 unspecified atom stereocenters. The first-order chi connectivity index (χ1) is 10.0. The van der Waals surface area contributed by atoms with Crippen molar-refractivity contribution in [3.05, 3.63) is 68.5 Å². The van der Waals surface area contributed by atoms with E-state index in [1.165, 1.54) is 12.3 Å². The largest absolute Gasteiger partial charge is 0.348 e. The summed E-state index contributed by atoms with van der Waals surface area (Å²) >= 11 is 5.84. The van der Waals surface area contributed by atoms with Gasteiger partial charge in [0.1, 0.15) is 5.15 Å². The van der Waals surface area contributed by atoms with Crippen molar-refractivity contribution >= 4 is 23.2 Å². The predicted octanol–water partition coefficient (Wildman–Crippen LogP) is 2.88. The Labute approximate surface area is 125 Å². The van der Waals surface area contributed by atoms with Crippen molar-refractivity contribution in [1.82, 2.24) is 10.3 Å². The lowest BCUT2D eigenvalue weighted by molar-refractivity contribution is -0.385. The van der Waals surface area contributed by atoms with Crippen LogP contribution in [0, 0.1) is 17.0 Å². The molecule has 0 atom stereocenters. The molecule has 108 valence electrons. The van der Waals surface area contributed by atoms with Gasteiger partial charge in [0.25, 0.3) is 11.6 Å². The Hall–Kier alpha value is -2.47. The molecule has 1 aromatic heterocycles. The van der Waals surface area contributed by atoms with Crippen LogP contribution in [0.25, 0.3) is 0 Å². The molecule has 2 rings (SSSR count). The summed E-state index contributed by atoms with van der Waals surface area (Å²) in [7, 11) is 0. The number of pyridine rings is 1. The molecule has 0 saturated carbocycles. The van der Waals surface area contributed by atoms with Gasteiger partial charge in [0.05, 0.1) is 10.5 Å². The third kappa shape index (κ3) is 3.35. The fourth-order valence-corrected chi connectivity index (χ4v) is 2.09. The quantitative estimate of drug-likeness (QED) is 0.534. The molecule has 0 bridgehead atoms. The first kappa shape index (κ1) is 14.9. The topological polar surface area (TPSA) is 85.1 Å². The molecule has 2 aromatic rings. The number of nitrogens with one attached hydrogen (secondary N) is 1. The zero-order valence-electron chi connectivity index (χ0n) is 11.2. The number of carbonyl (C=O) groups is 1. The Morgan fingerprint density at radius 1 is 1.38 bits per heavy atom. The van der Waals surface area contributed by atoms with Gasteiger partial charge in [-0.2, -0.15) is 0 Å². The Morgan fingerprint density at radius 3 is 2.81 bits per heavy atom. The number of nitro benzene ring substituents is 1. The first-order valence-corrected chi connectivity index (χ1v) is 6.50. The molecule has 1 aromatic carbocycles. The van der Waals surface area contributed by atoms with E-state index in [2.05, 4.69) is 10.3 Å². The van der Waals surface area contributed by atoms with Crippen molar-refractivity contribution < 1.29 is 9.72 Å². The average Bonchev–Trinajstić information content (AvgIpc) is 2.46. The Balaban J connectivity index is 2.14. The monoisotopic (exact) mass is 305 g/mol. The molecule has 1 heterocycles. The molecule has 0 aliphatic heterocycles. The van der Waals surface area contributed by atoms with Crippen LogP contribution in [-0.4, -0.2) is 15.8 Å². The molecule has 1 amide bonds. The molecule has 0 aliphatic carbocycles. The van der Waals surface area contributed by atoms with Crippen molar-refractivity contribution in [2.75, 3.05) is 0 Å². The summed E-state index contributed by atoms with van der Waals surface area (Å²) < 4.78 is 0. The summed E-state index contributed by atoms with van der Waals surface area (Å²) in [5.74, 6) is -0.376. The van der Waals surface area contributed by atoms with Crippen LogP contribution in [0.2, 0.25) is 5.15 Å². The smallest absolute Gasteiger partial charge is 0.272 e. The summed E-state index contributed by atoms with van der Waals surface area (Å²) in [6, 6.07) is 7.92. The van der Waals surface area contributed by atoms with E-state index in [1.807, 2.05) is 0 Å². The van der Waals surface area contributed by atoms with Crippen molar-refractivity contribution in [3.8, 4) is 0 Å². The number of nitrogens with zero attached hydrogens (tertiary/aromatic N) is 2. The highest BCUT2D eigenvalue weighted by molar-refractivity contribution is 6.32. The molecule has 7 heteroatoms. The minimum Gasteiger partial charge on any atom is -0.348 e. The number of aromatic nitrogens is 1. The van der Waals surface area contributed by atoms with E-state index in [0.29, 0.717) is 11.1 Å². The molecular weight excluding hydrogens is 294 g/mol. The van der Waals surface area contributed by atoms with Gasteiger partial charge in [-0.3, -0.25) is 14.9 Å². The first-order valence-electron chi connectivity index (χ1n) is 6.12. The number of benzene rings is 1. The number of nitro groups is 1. The van der Waals surface area contributed by atoms with Crippen LogP contribution in [0.5, 0.6) is 0 Å². The predicted molar refractivity (Wildman–Crippen MR) is 78.3 cm³/mol. The van der Waals surface area contributed by atoms with E-state index in [0.717, 1.165) is 0 Å². The van der Waals surface area contributed by atoms with E-state index in [1.54, 1.807) is 31.2 Å².